The summed E-state index contributed by atoms with van der Waals surface area (Å²) in [5.41, 5.74) is 3.09. The van der Waals surface area contributed by atoms with Gasteiger partial charge >= 0.3 is 0 Å². The number of nitrogens with zero attached hydrogens (tertiary/aromatic N) is 3. The van der Waals surface area contributed by atoms with Crippen LogP contribution in [0.1, 0.15) is 40.7 Å². The highest BCUT2D eigenvalue weighted by molar-refractivity contribution is 5.95. The molecule has 0 saturated carbocycles. The van der Waals surface area contributed by atoms with Crippen LogP contribution in [-0.2, 0) is 0 Å². The minimum Gasteiger partial charge on any atom is -0.396 e. The third kappa shape index (κ3) is 4.89. The van der Waals surface area contributed by atoms with E-state index in [9.17, 15) is 9.90 Å². The van der Waals surface area contributed by atoms with Gasteiger partial charge in [0.25, 0.3) is 5.91 Å². The van der Waals surface area contributed by atoms with Crippen molar-refractivity contribution in [1.29, 1.82) is 0 Å². The van der Waals surface area contributed by atoms with Gasteiger partial charge in [-0.05, 0) is 57.7 Å². The van der Waals surface area contributed by atoms with Gasteiger partial charge in [-0.25, -0.2) is 0 Å². The molecule has 0 radical (unpaired) electrons. The van der Waals surface area contributed by atoms with E-state index in [-0.39, 0.29) is 12.5 Å². The molecular weight excluding hydrogens is 338 g/mol. The van der Waals surface area contributed by atoms with Gasteiger partial charge in [-0.3, -0.25) is 9.69 Å². The van der Waals surface area contributed by atoms with E-state index in [1.165, 1.54) is 5.56 Å². The lowest BCUT2D eigenvalue weighted by atomic mass is 9.86. The average molecular weight is 374 g/mol. The van der Waals surface area contributed by atoms with Gasteiger partial charge in [-0.2, -0.15) is 0 Å². The number of piperazine rings is 1. The minimum atomic E-state index is 0.165. The van der Waals surface area contributed by atoms with Crippen LogP contribution in [0.15, 0.2) is 18.2 Å². The molecule has 150 valence electrons. The quantitative estimate of drug-likeness (QED) is 0.859. The number of benzene rings is 1. The second kappa shape index (κ2) is 9.18. The van der Waals surface area contributed by atoms with E-state index in [1.54, 1.807) is 0 Å². The Morgan fingerprint density at radius 1 is 1.15 bits per heavy atom. The smallest absolute Gasteiger partial charge is 0.254 e. The van der Waals surface area contributed by atoms with E-state index >= 15 is 0 Å². The summed E-state index contributed by atoms with van der Waals surface area (Å²) in [4.78, 5) is 20.2. The molecule has 1 amide bonds. The lowest BCUT2D eigenvalue weighted by Crippen LogP contribution is -2.57. The molecule has 1 aromatic carbocycles. The molecule has 0 spiro atoms. The van der Waals surface area contributed by atoms with Gasteiger partial charge in [0.15, 0.2) is 0 Å². The van der Waals surface area contributed by atoms with Gasteiger partial charge < -0.3 is 14.9 Å². The van der Waals surface area contributed by atoms with E-state index in [2.05, 4.69) is 29.8 Å². The fourth-order valence-electron chi connectivity index (χ4n) is 4.70. The molecule has 1 N–H and O–H groups in total. The number of carbonyl (C=O) groups excluding carboxylic acids is 1. The first-order valence-corrected chi connectivity index (χ1v) is 10.4. The second-order valence-electron chi connectivity index (χ2n) is 8.39. The number of carbonyl (C=O) groups is 1. The number of rotatable bonds is 5. The third-order valence-electron chi connectivity index (χ3n) is 6.33. The van der Waals surface area contributed by atoms with Crippen LogP contribution in [-0.4, -0.2) is 84.7 Å². The van der Waals surface area contributed by atoms with Crippen molar-refractivity contribution in [2.24, 2.45) is 5.92 Å². The van der Waals surface area contributed by atoms with Crippen LogP contribution in [0.4, 0.5) is 0 Å². The summed E-state index contributed by atoms with van der Waals surface area (Å²) in [5.74, 6) is 0.613. The largest absolute Gasteiger partial charge is 0.396 e. The number of aryl methyl sites for hydroxylation is 2. The van der Waals surface area contributed by atoms with Crippen molar-refractivity contribution < 1.29 is 9.90 Å². The van der Waals surface area contributed by atoms with Crippen molar-refractivity contribution in [3.8, 4) is 0 Å². The fourth-order valence-corrected chi connectivity index (χ4v) is 4.70. The molecular formula is C22H35N3O2. The predicted octanol–water partition coefficient (Wildman–Crippen LogP) is 2.15. The van der Waals surface area contributed by atoms with Gasteiger partial charge in [0, 0.05) is 57.5 Å². The molecule has 2 fully saturated rings. The number of aliphatic hydroxyl groups is 1. The highest BCUT2D eigenvalue weighted by Crippen LogP contribution is 2.28. The fraction of sp³-hybridized carbons (Fsp3) is 0.682. The van der Waals surface area contributed by atoms with Crippen molar-refractivity contribution >= 4 is 5.91 Å². The summed E-state index contributed by atoms with van der Waals surface area (Å²) < 4.78 is 0. The van der Waals surface area contributed by atoms with Crippen molar-refractivity contribution in [3.63, 3.8) is 0 Å². The highest BCUT2D eigenvalue weighted by atomic mass is 16.3. The zero-order chi connectivity index (χ0) is 19.4. The molecule has 0 unspecified atom stereocenters. The molecule has 27 heavy (non-hydrogen) atoms. The average Bonchev–Trinajstić information content (AvgIpc) is 2.66. The standard InChI is InChI=1S/C22H35N3O2/c1-17-6-7-20(18(2)15-17)22(27)25-9-8-21(19(16-25)5-4-14-26)24-12-10-23(3)11-13-24/h6-7,15,19,21,26H,4-5,8-14,16H2,1-3H3/t19-,21+/m0/s1. The Morgan fingerprint density at radius 3 is 2.56 bits per heavy atom. The van der Waals surface area contributed by atoms with Gasteiger partial charge in [0.1, 0.15) is 0 Å². The Hall–Kier alpha value is -1.43. The van der Waals surface area contributed by atoms with Gasteiger partial charge in [0.2, 0.25) is 0 Å². The maximum atomic E-state index is 13.1. The zero-order valence-electron chi connectivity index (χ0n) is 17.2. The normalized spacial score (nSPS) is 25.0. The molecule has 2 heterocycles. The van der Waals surface area contributed by atoms with Crippen LogP contribution in [0.25, 0.3) is 0 Å². The lowest BCUT2D eigenvalue weighted by molar-refractivity contribution is 0.0217. The summed E-state index contributed by atoms with van der Waals surface area (Å²) in [6.07, 6.45) is 2.85. The van der Waals surface area contributed by atoms with Crippen LogP contribution in [0.3, 0.4) is 0 Å². The molecule has 0 bridgehead atoms. The van der Waals surface area contributed by atoms with Gasteiger partial charge in [-0.1, -0.05) is 17.7 Å². The van der Waals surface area contributed by atoms with E-state index in [0.717, 1.165) is 69.7 Å². The molecule has 2 saturated heterocycles. The Bertz CT molecular complexity index is 640. The molecule has 2 aliphatic rings. The number of hydrogen-bond acceptors (Lipinski definition) is 4. The van der Waals surface area contributed by atoms with Crippen molar-refractivity contribution in [1.82, 2.24) is 14.7 Å². The molecule has 5 nitrogen and oxygen atoms in total. The molecule has 2 atom stereocenters. The van der Waals surface area contributed by atoms with Crippen molar-refractivity contribution in [3.05, 3.63) is 34.9 Å². The number of amides is 1. The van der Waals surface area contributed by atoms with Crippen LogP contribution in [0.5, 0.6) is 0 Å². The molecule has 5 heteroatoms. The number of likely N-dealkylation sites (N-methyl/N-ethyl adjacent to an activating group) is 1. The lowest BCUT2D eigenvalue weighted by Gasteiger charge is -2.46. The molecule has 3 rings (SSSR count). The SMILES string of the molecule is Cc1ccc(C(=O)N2CC[C@@H](N3CCN(C)CC3)[C@@H](CCCO)C2)c(C)c1. The Kier molecular flexibility index (Phi) is 6.90. The van der Waals surface area contributed by atoms with E-state index < -0.39 is 0 Å². The predicted molar refractivity (Wildman–Crippen MR) is 109 cm³/mol. The van der Waals surface area contributed by atoms with Crippen LogP contribution in [0.2, 0.25) is 0 Å². The topological polar surface area (TPSA) is 47.0 Å². The first kappa shape index (κ1) is 20.3. The minimum absolute atomic E-state index is 0.165. The van der Waals surface area contributed by atoms with Crippen LogP contribution >= 0.6 is 0 Å². The van der Waals surface area contributed by atoms with Crippen molar-refractivity contribution in [2.45, 2.75) is 39.2 Å². The zero-order valence-corrected chi connectivity index (χ0v) is 17.2. The number of likely N-dealkylation sites (tertiary alicyclic amines) is 1. The third-order valence-corrected chi connectivity index (χ3v) is 6.33. The second-order valence-corrected chi connectivity index (χ2v) is 8.39. The summed E-state index contributed by atoms with van der Waals surface area (Å²) in [6.45, 7) is 10.4. The van der Waals surface area contributed by atoms with Gasteiger partial charge in [-0.15, -0.1) is 0 Å². The van der Waals surface area contributed by atoms with E-state index in [1.807, 2.05) is 24.0 Å². The highest BCUT2D eigenvalue weighted by Gasteiger charge is 2.35. The van der Waals surface area contributed by atoms with E-state index in [4.69, 9.17) is 0 Å². The number of aliphatic hydroxyl groups excluding tert-OH is 1. The monoisotopic (exact) mass is 373 g/mol. The first-order valence-electron chi connectivity index (χ1n) is 10.4. The first-order chi connectivity index (χ1) is 13.0. The maximum absolute atomic E-state index is 13.1. The molecule has 1 aromatic rings. The summed E-state index contributed by atoms with van der Waals surface area (Å²) in [6, 6.07) is 6.63. The Morgan fingerprint density at radius 2 is 1.89 bits per heavy atom. The summed E-state index contributed by atoms with van der Waals surface area (Å²) >= 11 is 0. The molecule has 0 aliphatic carbocycles. The maximum Gasteiger partial charge on any atom is 0.254 e. The number of hydrogen-bond donors (Lipinski definition) is 1. The number of piperidine rings is 1. The molecule has 0 aromatic heterocycles. The summed E-state index contributed by atoms with van der Waals surface area (Å²) in [7, 11) is 2.19. The molecule has 2 aliphatic heterocycles. The van der Waals surface area contributed by atoms with Crippen LogP contribution < -0.4 is 0 Å². The van der Waals surface area contributed by atoms with Crippen molar-refractivity contribution in [2.75, 3.05) is 52.9 Å². The Labute approximate surface area is 163 Å². The van der Waals surface area contributed by atoms with E-state index in [0.29, 0.717) is 12.0 Å². The Balaban J connectivity index is 1.70. The van der Waals surface area contributed by atoms with Crippen LogP contribution in [0, 0.1) is 19.8 Å². The summed E-state index contributed by atoms with van der Waals surface area (Å²) in [5, 5.41) is 9.34. The van der Waals surface area contributed by atoms with Gasteiger partial charge in [0.05, 0.1) is 0 Å².